The number of nitrogens with zero attached hydrogens (tertiary/aromatic N) is 4. The Morgan fingerprint density at radius 2 is 2.09 bits per heavy atom. The van der Waals surface area contributed by atoms with E-state index in [9.17, 15) is 9.18 Å². The molecule has 0 fully saturated rings. The van der Waals surface area contributed by atoms with E-state index in [0.717, 1.165) is 13.0 Å². The topological polar surface area (TPSA) is 63.1 Å². The second-order valence-corrected chi connectivity index (χ2v) is 5.27. The summed E-state index contributed by atoms with van der Waals surface area (Å²) in [5.74, 6) is -0.482. The van der Waals surface area contributed by atoms with Gasteiger partial charge in [-0.05, 0) is 38.2 Å². The number of carbonyl (C=O) groups excluding carboxylic acids is 1. The zero-order valence-corrected chi connectivity index (χ0v) is 12.7. The quantitative estimate of drug-likeness (QED) is 0.782. The van der Waals surface area contributed by atoms with E-state index in [2.05, 4.69) is 15.5 Å². The van der Waals surface area contributed by atoms with Gasteiger partial charge in [-0.15, -0.1) is 10.2 Å². The second-order valence-electron chi connectivity index (χ2n) is 5.27. The minimum absolute atomic E-state index is 0.139. The fraction of sp³-hybridized carbons (Fsp3) is 0.400. The van der Waals surface area contributed by atoms with Crippen molar-refractivity contribution >= 4 is 5.91 Å². The van der Waals surface area contributed by atoms with Crippen LogP contribution in [0.25, 0.3) is 0 Å². The molecule has 2 aromatic rings. The van der Waals surface area contributed by atoms with Crippen molar-refractivity contribution in [2.75, 3.05) is 20.6 Å². The van der Waals surface area contributed by atoms with Crippen LogP contribution in [0.4, 0.5) is 4.39 Å². The first-order valence-corrected chi connectivity index (χ1v) is 7.10. The summed E-state index contributed by atoms with van der Waals surface area (Å²) in [4.78, 5) is 14.1. The zero-order valence-electron chi connectivity index (χ0n) is 12.7. The first kappa shape index (κ1) is 16.1. The molecule has 0 saturated carbocycles. The van der Waals surface area contributed by atoms with Crippen molar-refractivity contribution in [3.05, 3.63) is 48.3 Å². The lowest BCUT2D eigenvalue weighted by molar-refractivity contribution is -0.125. The zero-order chi connectivity index (χ0) is 15.9. The molecule has 118 valence electrons. The molecular weight excluding hydrogens is 285 g/mol. The van der Waals surface area contributed by atoms with Gasteiger partial charge in [0.25, 0.3) is 0 Å². The van der Waals surface area contributed by atoms with Crippen LogP contribution in [-0.4, -0.2) is 46.2 Å². The SMILES string of the molecule is CN(C)[C@@H](C(=O)NCCCn1cnnc1)c1cccc(F)c1. The largest absolute Gasteiger partial charge is 0.354 e. The Morgan fingerprint density at radius 1 is 1.36 bits per heavy atom. The van der Waals surface area contributed by atoms with E-state index in [1.807, 2.05) is 4.57 Å². The number of nitrogens with one attached hydrogen (secondary N) is 1. The van der Waals surface area contributed by atoms with Gasteiger partial charge in [0.15, 0.2) is 0 Å². The number of aromatic nitrogens is 3. The molecule has 0 saturated heterocycles. The van der Waals surface area contributed by atoms with Gasteiger partial charge in [0.05, 0.1) is 0 Å². The standard InChI is InChI=1S/C15H20FN5O/c1-20(2)14(12-5-3-6-13(16)9-12)15(22)17-7-4-8-21-10-18-19-11-21/h3,5-6,9-11,14H,4,7-8H2,1-2H3,(H,17,22)/t14-/m1/s1. The number of hydrogen-bond donors (Lipinski definition) is 1. The minimum atomic E-state index is -0.509. The maximum atomic E-state index is 13.4. The average molecular weight is 305 g/mol. The number of halogens is 1. The monoisotopic (exact) mass is 305 g/mol. The lowest BCUT2D eigenvalue weighted by atomic mass is 10.1. The molecule has 1 amide bonds. The van der Waals surface area contributed by atoms with Crippen LogP contribution in [0.2, 0.25) is 0 Å². The summed E-state index contributed by atoms with van der Waals surface area (Å²) in [5, 5.41) is 10.3. The molecule has 1 heterocycles. The van der Waals surface area contributed by atoms with Crippen molar-refractivity contribution < 1.29 is 9.18 Å². The lowest BCUT2D eigenvalue weighted by Gasteiger charge is -2.24. The van der Waals surface area contributed by atoms with Crippen molar-refractivity contribution in [3.8, 4) is 0 Å². The van der Waals surface area contributed by atoms with Crippen LogP contribution < -0.4 is 5.32 Å². The van der Waals surface area contributed by atoms with Crippen molar-refractivity contribution in [2.24, 2.45) is 0 Å². The predicted octanol–water partition coefficient (Wildman–Crippen LogP) is 1.23. The third-order valence-corrected chi connectivity index (χ3v) is 3.29. The molecule has 1 N–H and O–H groups in total. The smallest absolute Gasteiger partial charge is 0.241 e. The minimum Gasteiger partial charge on any atom is -0.354 e. The van der Waals surface area contributed by atoms with Crippen molar-refractivity contribution in [2.45, 2.75) is 19.0 Å². The van der Waals surface area contributed by atoms with Gasteiger partial charge in [-0.3, -0.25) is 9.69 Å². The van der Waals surface area contributed by atoms with Crippen LogP contribution in [0, 0.1) is 5.82 Å². The van der Waals surface area contributed by atoms with E-state index >= 15 is 0 Å². The number of amides is 1. The van der Waals surface area contributed by atoms with Gasteiger partial charge in [-0.2, -0.15) is 0 Å². The maximum absolute atomic E-state index is 13.4. The fourth-order valence-electron chi connectivity index (χ4n) is 2.27. The Kier molecular flexibility index (Phi) is 5.60. The molecule has 1 atom stereocenters. The normalized spacial score (nSPS) is 12.4. The van der Waals surface area contributed by atoms with Crippen LogP contribution in [0.1, 0.15) is 18.0 Å². The Hall–Kier alpha value is -2.28. The first-order valence-electron chi connectivity index (χ1n) is 7.10. The Morgan fingerprint density at radius 3 is 2.73 bits per heavy atom. The number of hydrogen-bond acceptors (Lipinski definition) is 4. The van der Waals surface area contributed by atoms with Crippen molar-refractivity contribution in [3.63, 3.8) is 0 Å². The molecule has 6 nitrogen and oxygen atoms in total. The van der Waals surface area contributed by atoms with Crippen LogP contribution in [0.15, 0.2) is 36.9 Å². The summed E-state index contributed by atoms with van der Waals surface area (Å²) in [6.07, 6.45) is 4.04. The van der Waals surface area contributed by atoms with E-state index in [1.165, 1.54) is 12.1 Å². The molecule has 0 bridgehead atoms. The summed E-state index contributed by atoms with van der Waals surface area (Å²) in [5.41, 5.74) is 0.640. The molecule has 2 rings (SSSR count). The number of carbonyl (C=O) groups is 1. The number of aryl methyl sites for hydroxylation is 1. The van der Waals surface area contributed by atoms with Gasteiger partial charge in [0.1, 0.15) is 24.5 Å². The van der Waals surface area contributed by atoms with Gasteiger partial charge < -0.3 is 9.88 Å². The van der Waals surface area contributed by atoms with Gasteiger partial charge in [-0.1, -0.05) is 12.1 Å². The highest BCUT2D eigenvalue weighted by Crippen LogP contribution is 2.19. The second kappa shape index (κ2) is 7.65. The van der Waals surface area contributed by atoms with E-state index in [4.69, 9.17) is 0 Å². The highest BCUT2D eigenvalue weighted by molar-refractivity contribution is 5.83. The van der Waals surface area contributed by atoms with Crippen molar-refractivity contribution in [1.29, 1.82) is 0 Å². The van der Waals surface area contributed by atoms with Crippen LogP contribution in [0.5, 0.6) is 0 Å². The molecule has 0 aliphatic carbocycles. The highest BCUT2D eigenvalue weighted by atomic mass is 19.1. The summed E-state index contributed by atoms with van der Waals surface area (Å²) in [7, 11) is 3.60. The number of rotatable bonds is 7. The first-order chi connectivity index (χ1) is 10.6. The van der Waals surface area contributed by atoms with E-state index in [0.29, 0.717) is 12.1 Å². The van der Waals surface area contributed by atoms with E-state index < -0.39 is 6.04 Å². The van der Waals surface area contributed by atoms with Gasteiger partial charge in [0, 0.05) is 13.1 Å². The highest BCUT2D eigenvalue weighted by Gasteiger charge is 2.22. The van der Waals surface area contributed by atoms with E-state index in [-0.39, 0.29) is 11.7 Å². The number of likely N-dealkylation sites (N-methyl/N-ethyl adjacent to an activating group) is 1. The van der Waals surface area contributed by atoms with Crippen LogP contribution in [-0.2, 0) is 11.3 Å². The number of benzene rings is 1. The maximum Gasteiger partial charge on any atom is 0.241 e. The molecule has 0 aliphatic rings. The lowest BCUT2D eigenvalue weighted by Crippen LogP contribution is -2.37. The third-order valence-electron chi connectivity index (χ3n) is 3.29. The summed E-state index contributed by atoms with van der Waals surface area (Å²) < 4.78 is 15.2. The Bertz CT molecular complexity index is 600. The van der Waals surface area contributed by atoms with Gasteiger partial charge in [-0.25, -0.2) is 4.39 Å². The fourth-order valence-corrected chi connectivity index (χ4v) is 2.27. The molecule has 7 heteroatoms. The van der Waals surface area contributed by atoms with E-state index in [1.54, 1.807) is 43.8 Å². The molecule has 22 heavy (non-hydrogen) atoms. The molecule has 1 aromatic carbocycles. The molecular formula is C15H20FN5O. The molecule has 0 spiro atoms. The predicted molar refractivity (Wildman–Crippen MR) is 80.5 cm³/mol. The summed E-state index contributed by atoms with van der Waals surface area (Å²) in [6, 6.07) is 5.62. The van der Waals surface area contributed by atoms with Crippen molar-refractivity contribution in [1.82, 2.24) is 25.0 Å². The van der Waals surface area contributed by atoms with Gasteiger partial charge >= 0.3 is 0 Å². The summed E-state index contributed by atoms with van der Waals surface area (Å²) in [6.45, 7) is 1.27. The van der Waals surface area contributed by atoms with Crippen LogP contribution in [0.3, 0.4) is 0 Å². The Labute approximate surface area is 129 Å². The Balaban J connectivity index is 1.90. The van der Waals surface area contributed by atoms with Crippen LogP contribution >= 0.6 is 0 Å². The molecule has 0 aliphatic heterocycles. The molecule has 0 radical (unpaired) electrons. The molecule has 1 aromatic heterocycles. The van der Waals surface area contributed by atoms with Gasteiger partial charge in [0.2, 0.25) is 5.91 Å². The third kappa shape index (κ3) is 4.36. The molecule has 0 unspecified atom stereocenters. The average Bonchev–Trinajstić information content (AvgIpc) is 2.97. The summed E-state index contributed by atoms with van der Waals surface area (Å²) >= 11 is 0.